The van der Waals surface area contributed by atoms with Gasteiger partial charge in [0.05, 0.1) is 21.8 Å². The summed E-state index contributed by atoms with van der Waals surface area (Å²) in [5, 5.41) is 3.57. The first-order valence-corrected chi connectivity index (χ1v) is 9.05. The van der Waals surface area contributed by atoms with Crippen molar-refractivity contribution in [2.45, 2.75) is 19.5 Å². The van der Waals surface area contributed by atoms with Gasteiger partial charge in [-0.1, -0.05) is 35.3 Å². The Morgan fingerprint density at radius 1 is 1.19 bits per heavy atom. The first kappa shape index (κ1) is 18.8. The molecule has 138 valence electrons. The van der Waals surface area contributed by atoms with E-state index in [0.717, 1.165) is 17.1 Å². The summed E-state index contributed by atoms with van der Waals surface area (Å²) in [6.07, 6.45) is 0. The van der Waals surface area contributed by atoms with Gasteiger partial charge in [-0.2, -0.15) is 0 Å². The molecule has 1 heterocycles. The molecule has 0 spiro atoms. The Morgan fingerprint density at radius 2 is 1.92 bits per heavy atom. The highest BCUT2D eigenvalue weighted by Crippen LogP contribution is 2.32. The van der Waals surface area contributed by atoms with Gasteiger partial charge < -0.3 is 14.8 Å². The van der Waals surface area contributed by atoms with Gasteiger partial charge in [-0.05, 0) is 43.8 Å². The van der Waals surface area contributed by atoms with Crippen LogP contribution in [-0.2, 0) is 11.3 Å². The van der Waals surface area contributed by atoms with Crippen LogP contribution in [0.1, 0.15) is 12.5 Å². The second-order valence-electron chi connectivity index (χ2n) is 6.16. The fourth-order valence-corrected chi connectivity index (χ4v) is 3.00. The second-order valence-corrected chi connectivity index (χ2v) is 6.94. The molecule has 26 heavy (non-hydrogen) atoms. The van der Waals surface area contributed by atoms with Gasteiger partial charge in [0, 0.05) is 6.54 Å². The summed E-state index contributed by atoms with van der Waals surface area (Å²) in [5.74, 6) is 1.34. The lowest BCUT2D eigenvalue weighted by Crippen LogP contribution is -2.39. The number of ether oxygens (including phenoxy) is 2. The van der Waals surface area contributed by atoms with Crippen molar-refractivity contribution in [3.05, 3.63) is 52.0 Å². The lowest BCUT2D eigenvalue weighted by atomic mass is 10.1. The number of rotatable bonds is 5. The van der Waals surface area contributed by atoms with Gasteiger partial charge in [-0.15, -0.1) is 0 Å². The van der Waals surface area contributed by atoms with Crippen LogP contribution in [0.25, 0.3) is 0 Å². The average Bonchev–Trinajstić information content (AvgIpc) is 2.64. The Labute approximate surface area is 162 Å². The minimum absolute atomic E-state index is 0.158. The number of anilines is 1. The molecule has 0 saturated carbocycles. The number of hydrogen-bond acceptors (Lipinski definition) is 4. The predicted molar refractivity (Wildman–Crippen MR) is 103 cm³/mol. The smallest absolute Gasteiger partial charge is 0.241 e. The van der Waals surface area contributed by atoms with E-state index in [0.29, 0.717) is 35.5 Å². The van der Waals surface area contributed by atoms with Gasteiger partial charge in [-0.25, -0.2) is 0 Å². The van der Waals surface area contributed by atoms with E-state index in [1.54, 1.807) is 18.2 Å². The number of halogens is 2. The van der Waals surface area contributed by atoms with Crippen LogP contribution in [-0.4, -0.2) is 37.1 Å². The Balaban J connectivity index is 1.64. The minimum atomic E-state index is -0.363. The maximum atomic E-state index is 12.5. The minimum Gasteiger partial charge on any atom is -0.486 e. The van der Waals surface area contributed by atoms with E-state index in [2.05, 4.69) is 5.32 Å². The topological polar surface area (TPSA) is 50.8 Å². The van der Waals surface area contributed by atoms with Crippen molar-refractivity contribution in [3.63, 3.8) is 0 Å². The van der Waals surface area contributed by atoms with Gasteiger partial charge in [0.25, 0.3) is 0 Å². The van der Waals surface area contributed by atoms with E-state index in [1.807, 2.05) is 37.1 Å². The van der Waals surface area contributed by atoms with Crippen molar-refractivity contribution in [2.75, 3.05) is 25.6 Å². The van der Waals surface area contributed by atoms with Crippen LogP contribution in [0.2, 0.25) is 10.0 Å². The molecule has 1 amide bonds. The van der Waals surface area contributed by atoms with Crippen LogP contribution in [0, 0.1) is 0 Å². The van der Waals surface area contributed by atoms with E-state index in [1.165, 1.54) is 0 Å². The Bertz CT molecular complexity index is 813. The molecule has 1 N–H and O–H groups in total. The SMILES string of the molecule is CC(C(=O)Nc1cccc(Cl)c1Cl)N(C)Cc1ccc2c(c1)OCCO2. The van der Waals surface area contributed by atoms with Crippen molar-refractivity contribution in [1.82, 2.24) is 4.90 Å². The zero-order chi connectivity index (χ0) is 18.7. The summed E-state index contributed by atoms with van der Waals surface area (Å²) in [5.41, 5.74) is 1.54. The molecule has 1 atom stereocenters. The van der Waals surface area contributed by atoms with Gasteiger partial charge in [-0.3, -0.25) is 9.69 Å². The predicted octanol–water partition coefficient (Wildman–Crippen LogP) is 4.22. The van der Waals surface area contributed by atoms with Crippen molar-refractivity contribution in [2.24, 2.45) is 0 Å². The molecule has 0 saturated heterocycles. The maximum Gasteiger partial charge on any atom is 0.241 e. The van der Waals surface area contributed by atoms with Crippen LogP contribution >= 0.6 is 23.2 Å². The number of fused-ring (bicyclic) bond motifs is 1. The van der Waals surface area contributed by atoms with Crippen LogP contribution in [0.4, 0.5) is 5.69 Å². The van der Waals surface area contributed by atoms with Crippen molar-refractivity contribution in [1.29, 1.82) is 0 Å². The number of nitrogens with zero attached hydrogens (tertiary/aromatic N) is 1. The van der Waals surface area contributed by atoms with Crippen molar-refractivity contribution < 1.29 is 14.3 Å². The number of nitrogens with one attached hydrogen (secondary N) is 1. The third-order valence-corrected chi connectivity index (χ3v) is 5.11. The maximum absolute atomic E-state index is 12.5. The van der Waals surface area contributed by atoms with E-state index in [9.17, 15) is 4.79 Å². The standard InChI is InChI=1S/C19H20Cl2N2O3/c1-12(19(24)22-15-5-3-4-14(20)18(15)21)23(2)11-13-6-7-16-17(10-13)26-9-8-25-16/h3-7,10,12H,8-9,11H2,1-2H3,(H,22,24). The Morgan fingerprint density at radius 3 is 2.69 bits per heavy atom. The highest BCUT2D eigenvalue weighted by Gasteiger charge is 2.20. The number of carbonyl (C=O) groups is 1. The number of carbonyl (C=O) groups excluding carboxylic acids is 1. The molecule has 1 unspecified atom stereocenters. The zero-order valence-electron chi connectivity index (χ0n) is 14.6. The molecule has 1 aliphatic heterocycles. The number of benzene rings is 2. The molecular formula is C19H20Cl2N2O3. The largest absolute Gasteiger partial charge is 0.486 e. The molecule has 0 bridgehead atoms. The molecule has 1 aliphatic rings. The van der Waals surface area contributed by atoms with E-state index >= 15 is 0 Å². The molecule has 5 nitrogen and oxygen atoms in total. The summed E-state index contributed by atoms with van der Waals surface area (Å²) in [7, 11) is 1.89. The molecule has 0 fully saturated rings. The highest BCUT2D eigenvalue weighted by molar-refractivity contribution is 6.44. The van der Waals surface area contributed by atoms with Crippen LogP contribution < -0.4 is 14.8 Å². The second kappa shape index (κ2) is 8.16. The summed E-state index contributed by atoms with van der Waals surface area (Å²) in [4.78, 5) is 14.5. The molecular weight excluding hydrogens is 375 g/mol. The number of amides is 1. The molecule has 0 aliphatic carbocycles. The summed E-state index contributed by atoms with van der Waals surface area (Å²) < 4.78 is 11.1. The van der Waals surface area contributed by atoms with Crippen molar-refractivity contribution >= 4 is 34.8 Å². The van der Waals surface area contributed by atoms with E-state index in [-0.39, 0.29) is 11.9 Å². The zero-order valence-corrected chi connectivity index (χ0v) is 16.1. The molecule has 7 heteroatoms. The third-order valence-electron chi connectivity index (χ3n) is 4.29. The fraction of sp³-hybridized carbons (Fsp3) is 0.316. The Hall–Kier alpha value is -1.95. The van der Waals surface area contributed by atoms with Gasteiger partial charge in [0.1, 0.15) is 13.2 Å². The van der Waals surface area contributed by atoms with E-state index < -0.39 is 0 Å². The summed E-state index contributed by atoms with van der Waals surface area (Å²) >= 11 is 12.1. The van der Waals surface area contributed by atoms with E-state index in [4.69, 9.17) is 32.7 Å². The normalized spacial score (nSPS) is 14.2. The number of hydrogen-bond donors (Lipinski definition) is 1. The quantitative estimate of drug-likeness (QED) is 0.824. The Kier molecular flexibility index (Phi) is 5.91. The van der Waals surface area contributed by atoms with Crippen LogP contribution in [0.5, 0.6) is 11.5 Å². The molecule has 2 aromatic carbocycles. The monoisotopic (exact) mass is 394 g/mol. The van der Waals surface area contributed by atoms with Gasteiger partial charge in [0.15, 0.2) is 11.5 Å². The van der Waals surface area contributed by atoms with Gasteiger partial charge >= 0.3 is 0 Å². The molecule has 3 rings (SSSR count). The van der Waals surface area contributed by atoms with Crippen LogP contribution in [0.15, 0.2) is 36.4 Å². The third kappa shape index (κ3) is 4.23. The first-order chi connectivity index (χ1) is 12.5. The summed E-state index contributed by atoms with van der Waals surface area (Å²) in [6, 6.07) is 10.6. The fourth-order valence-electron chi connectivity index (χ4n) is 2.65. The first-order valence-electron chi connectivity index (χ1n) is 8.29. The van der Waals surface area contributed by atoms with Crippen molar-refractivity contribution in [3.8, 4) is 11.5 Å². The lowest BCUT2D eigenvalue weighted by Gasteiger charge is -2.25. The molecule has 0 aromatic heterocycles. The highest BCUT2D eigenvalue weighted by atomic mass is 35.5. The van der Waals surface area contributed by atoms with Gasteiger partial charge in [0.2, 0.25) is 5.91 Å². The molecule has 0 radical (unpaired) electrons. The molecule has 2 aromatic rings. The lowest BCUT2D eigenvalue weighted by molar-refractivity contribution is -0.120. The summed E-state index contributed by atoms with van der Waals surface area (Å²) in [6.45, 7) is 3.54. The average molecular weight is 395 g/mol. The van der Waals surface area contributed by atoms with Crippen LogP contribution in [0.3, 0.4) is 0 Å². The number of likely N-dealkylation sites (N-methyl/N-ethyl adjacent to an activating group) is 1.